The lowest BCUT2D eigenvalue weighted by Gasteiger charge is -2.17. The van der Waals surface area contributed by atoms with Crippen molar-refractivity contribution in [3.8, 4) is 11.1 Å². The Bertz CT molecular complexity index is 869. The first kappa shape index (κ1) is 30.9. The molecule has 0 saturated carbocycles. The Kier molecular flexibility index (Phi) is 14.6. The zero-order chi connectivity index (χ0) is 23.5. The average molecular weight is 524 g/mol. The van der Waals surface area contributed by atoms with Crippen LogP contribution in [0.4, 0.5) is 0 Å². The summed E-state index contributed by atoms with van der Waals surface area (Å²) in [5.41, 5.74) is 6.22. The summed E-state index contributed by atoms with van der Waals surface area (Å²) in [5, 5.41) is 9.17. The van der Waals surface area contributed by atoms with E-state index in [1.54, 1.807) is 0 Å². The van der Waals surface area contributed by atoms with Crippen molar-refractivity contribution >= 4 is 36.2 Å². The highest BCUT2D eigenvalue weighted by atomic mass is 35.5. The van der Waals surface area contributed by atoms with Gasteiger partial charge in [0, 0.05) is 30.6 Å². The van der Waals surface area contributed by atoms with Gasteiger partial charge >= 0.3 is 0 Å². The first-order valence-corrected chi connectivity index (χ1v) is 12.2. The summed E-state index contributed by atoms with van der Waals surface area (Å²) >= 11 is 0. The number of hydrogen-bond donors (Lipinski definition) is 0. The van der Waals surface area contributed by atoms with E-state index in [4.69, 9.17) is 9.68 Å². The molecular formula is C27H40Cl2N4O2. The zero-order valence-electron chi connectivity index (χ0n) is 21.4. The van der Waals surface area contributed by atoms with Crippen LogP contribution in [0.1, 0.15) is 45.2 Å². The Morgan fingerprint density at radius 2 is 0.943 bits per heavy atom. The zero-order valence-corrected chi connectivity index (χ0v) is 23.0. The first-order chi connectivity index (χ1) is 16.2. The van der Waals surface area contributed by atoms with Crippen LogP contribution in [0, 0.1) is 0 Å². The second-order valence-electron chi connectivity index (χ2n) is 8.06. The van der Waals surface area contributed by atoms with E-state index in [2.05, 4.69) is 96.3 Å². The molecule has 0 amide bonds. The summed E-state index contributed by atoms with van der Waals surface area (Å²) in [6, 6.07) is 16.7. The second kappa shape index (κ2) is 16.5. The Labute approximate surface area is 223 Å². The molecule has 1 aliphatic carbocycles. The quantitative estimate of drug-likeness (QED) is 0.264. The van der Waals surface area contributed by atoms with Crippen LogP contribution in [0.3, 0.4) is 0 Å². The van der Waals surface area contributed by atoms with Gasteiger partial charge in [-0.3, -0.25) is 0 Å². The average Bonchev–Trinajstić information content (AvgIpc) is 2.99. The third kappa shape index (κ3) is 8.50. The molecule has 0 fully saturated rings. The highest BCUT2D eigenvalue weighted by molar-refractivity contribution is 6.24. The van der Waals surface area contributed by atoms with E-state index in [0.717, 1.165) is 72.9 Å². The van der Waals surface area contributed by atoms with Crippen molar-refractivity contribution in [1.82, 2.24) is 9.80 Å². The summed E-state index contributed by atoms with van der Waals surface area (Å²) in [5.74, 6) is 0. The monoisotopic (exact) mass is 522 g/mol. The van der Waals surface area contributed by atoms with Gasteiger partial charge in [0.15, 0.2) is 0 Å². The third-order valence-corrected chi connectivity index (χ3v) is 6.24. The second-order valence-corrected chi connectivity index (χ2v) is 8.06. The molecule has 3 rings (SSSR count). The van der Waals surface area contributed by atoms with E-state index in [9.17, 15) is 0 Å². The molecule has 0 aromatic heterocycles. The molecule has 2 aromatic carbocycles. The van der Waals surface area contributed by atoms with Gasteiger partial charge in [-0.05, 0) is 37.3 Å². The molecule has 0 saturated heterocycles. The molecule has 8 heteroatoms. The van der Waals surface area contributed by atoms with E-state index in [1.807, 2.05) is 0 Å². The Balaban J connectivity index is 0.00000306. The van der Waals surface area contributed by atoms with Gasteiger partial charge in [0.1, 0.15) is 13.2 Å². The van der Waals surface area contributed by atoms with E-state index < -0.39 is 0 Å². The number of hydrogen-bond acceptors (Lipinski definition) is 6. The largest absolute Gasteiger partial charge is 0.394 e. The molecule has 0 atom stereocenters. The maximum atomic E-state index is 5.80. The minimum Gasteiger partial charge on any atom is -0.394 e. The number of fused-ring (bicyclic) bond motifs is 3. The van der Waals surface area contributed by atoms with Crippen LogP contribution in [-0.2, 0) is 9.68 Å². The lowest BCUT2D eigenvalue weighted by atomic mass is 9.96. The van der Waals surface area contributed by atoms with E-state index in [-0.39, 0.29) is 24.8 Å². The molecule has 0 spiro atoms. The van der Waals surface area contributed by atoms with Gasteiger partial charge in [-0.25, -0.2) is 0 Å². The molecule has 0 radical (unpaired) electrons. The SMILES string of the molecule is CCN(CC)CCON=C1CC(=NOCCN(CC)CC)c2ccccc2-c2ccccc21.Cl.Cl. The van der Waals surface area contributed by atoms with Crippen molar-refractivity contribution in [3.05, 3.63) is 59.7 Å². The highest BCUT2D eigenvalue weighted by Gasteiger charge is 2.23. The summed E-state index contributed by atoms with van der Waals surface area (Å²) in [4.78, 5) is 16.2. The molecule has 0 N–H and O–H groups in total. The van der Waals surface area contributed by atoms with Gasteiger partial charge in [0.05, 0.1) is 11.4 Å². The van der Waals surface area contributed by atoms with Crippen LogP contribution < -0.4 is 0 Å². The third-order valence-electron chi connectivity index (χ3n) is 6.24. The minimum atomic E-state index is 0. The molecule has 35 heavy (non-hydrogen) atoms. The maximum Gasteiger partial charge on any atom is 0.129 e. The van der Waals surface area contributed by atoms with Gasteiger partial charge in [0.2, 0.25) is 0 Å². The Morgan fingerprint density at radius 3 is 1.29 bits per heavy atom. The molecule has 0 heterocycles. The molecule has 1 aliphatic rings. The molecule has 6 nitrogen and oxygen atoms in total. The van der Waals surface area contributed by atoms with Gasteiger partial charge in [-0.1, -0.05) is 86.5 Å². The van der Waals surface area contributed by atoms with Crippen molar-refractivity contribution in [1.29, 1.82) is 0 Å². The molecule has 194 valence electrons. The van der Waals surface area contributed by atoms with Crippen molar-refractivity contribution < 1.29 is 9.68 Å². The number of benzene rings is 2. The lowest BCUT2D eigenvalue weighted by Crippen LogP contribution is -2.26. The molecule has 2 aromatic rings. The summed E-state index contributed by atoms with van der Waals surface area (Å²) in [7, 11) is 0. The first-order valence-electron chi connectivity index (χ1n) is 12.2. The van der Waals surface area contributed by atoms with Gasteiger partial charge < -0.3 is 19.5 Å². The normalized spacial score (nSPS) is 14.7. The van der Waals surface area contributed by atoms with E-state index >= 15 is 0 Å². The minimum absolute atomic E-state index is 0. The van der Waals surface area contributed by atoms with Crippen LogP contribution in [0.5, 0.6) is 0 Å². The number of oxime groups is 2. The van der Waals surface area contributed by atoms with Gasteiger partial charge in [-0.2, -0.15) is 0 Å². The smallest absolute Gasteiger partial charge is 0.129 e. The Morgan fingerprint density at radius 1 is 0.600 bits per heavy atom. The lowest BCUT2D eigenvalue weighted by molar-refractivity contribution is 0.113. The van der Waals surface area contributed by atoms with E-state index in [0.29, 0.717) is 19.6 Å². The number of rotatable bonds is 12. The highest BCUT2D eigenvalue weighted by Crippen LogP contribution is 2.33. The number of likely N-dealkylation sites (N-methyl/N-ethyl adjacent to an activating group) is 2. The van der Waals surface area contributed by atoms with Crippen LogP contribution in [0.25, 0.3) is 11.1 Å². The predicted molar refractivity (Wildman–Crippen MR) is 152 cm³/mol. The standard InChI is InChI=1S/C27H38N4O2.2ClH/c1-5-30(6-2)17-19-32-28-26-21-27(29-33-20-18-31(7-3)8-4)25-16-12-10-14-23(25)22-13-9-11-15-24(22)26;;/h9-16H,5-8,17-21H2,1-4H3;2*1H. The van der Waals surface area contributed by atoms with Crippen molar-refractivity contribution in [3.63, 3.8) is 0 Å². The van der Waals surface area contributed by atoms with Gasteiger partial charge in [-0.15, -0.1) is 24.8 Å². The fourth-order valence-corrected chi connectivity index (χ4v) is 4.12. The predicted octanol–water partition coefficient (Wildman–Crippen LogP) is 5.73. The molecular weight excluding hydrogens is 483 g/mol. The fraction of sp³-hybridized carbons (Fsp3) is 0.481. The van der Waals surface area contributed by atoms with Crippen LogP contribution >= 0.6 is 24.8 Å². The summed E-state index contributed by atoms with van der Waals surface area (Å²) in [6.07, 6.45) is 0.560. The summed E-state index contributed by atoms with van der Waals surface area (Å²) < 4.78 is 0. The Hall–Kier alpha value is -2.12. The molecule has 0 aliphatic heterocycles. The topological polar surface area (TPSA) is 49.7 Å². The van der Waals surface area contributed by atoms with Crippen molar-refractivity contribution in [2.75, 3.05) is 52.5 Å². The molecule has 0 bridgehead atoms. The van der Waals surface area contributed by atoms with Crippen molar-refractivity contribution in [2.24, 2.45) is 10.3 Å². The number of halogens is 2. The van der Waals surface area contributed by atoms with Crippen molar-refractivity contribution in [2.45, 2.75) is 34.1 Å². The fourth-order valence-electron chi connectivity index (χ4n) is 4.12. The van der Waals surface area contributed by atoms with E-state index in [1.165, 1.54) is 0 Å². The number of nitrogens with zero attached hydrogens (tertiary/aromatic N) is 4. The maximum absolute atomic E-state index is 5.80. The van der Waals surface area contributed by atoms with Gasteiger partial charge in [0.25, 0.3) is 0 Å². The molecule has 0 unspecified atom stereocenters. The summed E-state index contributed by atoms with van der Waals surface area (Å²) in [6.45, 7) is 15.5. The van der Waals surface area contributed by atoms with Crippen LogP contribution in [-0.4, -0.2) is 73.7 Å². The van der Waals surface area contributed by atoms with Crippen LogP contribution in [0.15, 0.2) is 58.8 Å². The van der Waals surface area contributed by atoms with Crippen LogP contribution in [0.2, 0.25) is 0 Å².